The summed E-state index contributed by atoms with van der Waals surface area (Å²) < 4.78 is 20.7. The molecule has 1 fully saturated rings. The van der Waals surface area contributed by atoms with Crippen molar-refractivity contribution in [3.63, 3.8) is 0 Å². The van der Waals surface area contributed by atoms with Crippen molar-refractivity contribution in [2.24, 2.45) is 0 Å². The molecular weight excluding hydrogens is 543 g/mol. The summed E-state index contributed by atoms with van der Waals surface area (Å²) in [5.41, 5.74) is 7.65. The lowest BCUT2D eigenvalue weighted by atomic mass is 10.0. The van der Waals surface area contributed by atoms with Crippen LogP contribution in [0.1, 0.15) is 25.3 Å². The normalized spacial score (nSPS) is 13.8. The summed E-state index contributed by atoms with van der Waals surface area (Å²) in [6, 6.07) is 11.1. The number of H-pyrrole nitrogens is 2. The summed E-state index contributed by atoms with van der Waals surface area (Å²) in [7, 11) is 0. The van der Waals surface area contributed by atoms with Crippen LogP contribution in [0, 0.1) is 5.82 Å². The van der Waals surface area contributed by atoms with Gasteiger partial charge >= 0.3 is 0 Å². The average Bonchev–Trinajstić information content (AvgIpc) is 3.79. The summed E-state index contributed by atoms with van der Waals surface area (Å²) >= 11 is 0. The molecule has 9 nitrogen and oxygen atoms in total. The third-order valence-electron chi connectivity index (χ3n) is 7.98. The van der Waals surface area contributed by atoms with Gasteiger partial charge in [0, 0.05) is 71.4 Å². The van der Waals surface area contributed by atoms with E-state index in [1.165, 1.54) is 25.0 Å². The van der Waals surface area contributed by atoms with Gasteiger partial charge in [0.25, 0.3) is 0 Å². The van der Waals surface area contributed by atoms with Gasteiger partial charge < -0.3 is 15.0 Å². The minimum Gasteiger partial charge on any atom is -0.492 e. The second kappa shape index (κ2) is 11.9. The van der Waals surface area contributed by atoms with E-state index in [1.807, 2.05) is 30.7 Å². The van der Waals surface area contributed by atoms with Crippen molar-refractivity contribution in [1.29, 1.82) is 0 Å². The van der Waals surface area contributed by atoms with Crippen LogP contribution in [-0.4, -0.2) is 67.8 Å². The highest BCUT2D eigenvalue weighted by atomic mass is 19.1. The Labute approximate surface area is 248 Å². The SMILES string of the molecule is CCNCc1cncc(-c2cnc3[nH]nc(-c4cc5c(-c6cc(F)cc(OCCN7CCCC7)c6)cncc5[nH]4)c3c2)c1. The Kier molecular flexibility index (Phi) is 7.53. The van der Waals surface area contributed by atoms with Crippen LogP contribution in [0.15, 0.2) is 67.4 Å². The van der Waals surface area contributed by atoms with Gasteiger partial charge in [0.05, 0.1) is 17.4 Å². The number of likely N-dealkylation sites (tertiary alicyclic amines) is 1. The first kappa shape index (κ1) is 27.2. The molecule has 3 N–H and O–H groups in total. The summed E-state index contributed by atoms with van der Waals surface area (Å²) in [5, 5.41) is 12.8. The lowest BCUT2D eigenvalue weighted by Crippen LogP contribution is -2.25. The van der Waals surface area contributed by atoms with Crippen molar-refractivity contribution >= 4 is 21.9 Å². The van der Waals surface area contributed by atoms with E-state index in [0.29, 0.717) is 23.6 Å². The molecule has 0 spiro atoms. The Morgan fingerprint density at radius 1 is 0.907 bits per heavy atom. The summed E-state index contributed by atoms with van der Waals surface area (Å²) in [4.78, 5) is 19.4. The highest BCUT2D eigenvalue weighted by Crippen LogP contribution is 2.35. The molecule has 43 heavy (non-hydrogen) atoms. The molecule has 0 saturated carbocycles. The maximum absolute atomic E-state index is 14.8. The monoisotopic (exact) mass is 576 g/mol. The first-order valence-electron chi connectivity index (χ1n) is 14.8. The smallest absolute Gasteiger partial charge is 0.155 e. The van der Waals surface area contributed by atoms with Crippen LogP contribution in [0.5, 0.6) is 5.75 Å². The first-order chi connectivity index (χ1) is 21.1. The largest absolute Gasteiger partial charge is 0.492 e. The number of fused-ring (bicyclic) bond motifs is 2. The summed E-state index contributed by atoms with van der Waals surface area (Å²) in [6.07, 6.45) is 11.6. The first-order valence-corrected chi connectivity index (χ1v) is 14.8. The van der Waals surface area contributed by atoms with Gasteiger partial charge in [0.15, 0.2) is 5.65 Å². The van der Waals surface area contributed by atoms with Gasteiger partial charge in [-0.1, -0.05) is 6.92 Å². The number of aromatic amines is 2. The van der Waals surface area contributed by atoms with Crippen molar-refractivity contribution in [3.05, 3.63) is 78.8 Å². The van der Waals surface area contributed by atoms with E-state index in [-0.39, 0.29) is 5.82 Å². The predicted molar refractivity (Wildman–Crippen MR) is 166 cm³/mol. The van der Waals surface area contributed by atoms with Gasteiger partial charge in [0.1, 0.15) is 23.9 Å². The topological polar surface area (TPSA) is 108 Å². The van der Waals surface area contributed by atoms with Crippen molar-refractivity contribution < 1.29 is 9.13 Å². The molecule has 7 rings (SSSR count). The molecule has 0 atom stereocenters. The van der Waals surface area contributed by atoms with Crippen LogP contribution in [0.3, 0.4) is 0 Å². The molecule has 0 amide bonds. The van der Waals surface area contributed by atoms with E-state index in [4.69, 9.17) is 4.74 Å². The van der Waals surface area contributed by atoms with E-state index in [0.717, 1.165) is 82.7 Å². The molecule has 5 aromatic heterocycles. The Morgan fingerprint density at radius 2 is 1.77 bits per heavy atom. The van der Waals surface area contributed by atoms with Crippen molar-refractivity contribution in [2.75, 3.05) is 32.8 Å². The number of rotatable bonds is 10. The van der Waals surface area contributed by atoms with Gasteiger partial charge in [-0.05, 0) is 73.9 Å². The predicted octanol–water partition coefficient (Wildman–Crippen LogP) is 5.95. The van der Waals surface area contributed by atoms with Crippen LogP contribution in [0.4, 0.5) is 4.39 Å². The minimum absolute atomic E-state index is 0.345. The average molecular weight is 577 g/mol. The number of nitrogens with zero attached hydrogens (tertiary/aromatic N) is 5. The zero-order valence-electron chi connectivity index (χ0n) is 24.0. The van der Waals surface area contributed by atoms with E-state index in [9.17, 15) is 4.39 Å². The van der Waals surface area contributed by atoms with Crippen molar-refractivity contribution in [3.8, 4) is 39.4 Å². The van der Waals surface area contributed by atoms with Crippen LogP contribution in [0.2, 0.25) is 0 Å². The fourth-order valence-electron chi connectivity index (χ4n) is 5.79. The highest BCUT2D eigenvalue weighted by molar-refractivity contribution is 6.00. The van der Waals surface area contributed by atoms with Crippen LogP contribution < -0.4 is 10.1 Å². The molecule has 1 saturated heterocycles. The number of hydrogen-bond donors (Lipinski definition) is 3. The van der Waals surface area contributed by atoms with Crippen LogP contribution >= 0.6 is 0 Å². The second-order valence-electron chi connectivity index (χ2n) is 11.0. The van der Waals surface area contributed by atoms with Gasteiger partial charge in [-0.3, -0.25) is 20.0 Å². The van der Waals surface area contributed by atoms with Gasteiger partial charge in [-0.2, -0.15) is 5.10 Å². The Hall–Kier alpha value is -4.67. The molecular formula is C33H33FN8O. The van der Waals surface area contributed by atoms with E-state index >= 15 is 0 Å². The molecule has 1 aliphatic heterocycles. The van der Waals surface area contributed by atoms with Crippen molar-refractivity contribution in [1.82, 2.24) is 40.3 Å². The fourth-order valence-corrected chi connectivity index (χ4v) is 5.79. The third-order valence-corrected chi connectivity index (χ3v) is 7.98. The molecule has 10 heteroatoms. The fraction of sp³-hybridized carbons (Fsp3) is 0.273. The number of pyridine rings is 3. The molecule has 1 aromatic carbocycles. The van der Waals surface area contributed by atoms with Gasteiger partial charge in [-0.25, -0.2) is 9.37 Å². The summed E-state index contributed by atoms with van der Waals surface area (Å²) in [6.45, 7) is 7.31. The standard InChI is InChI=1S/C33H33FN8O/c1-2-35-15-21-9-23(17-36-16-21)24-12-28-32(40-41-33(28)38-18-24)30-14-27-29(19-37-20-31(27)39-30)22-10-25(34)13-26(11-22)43-8-7-42-5-3-4-6-42/h9-14,16-20,35,39H,2-8,15H2,1H3,(H,38,40,41). The Bertz CT molecular complexity index is 1890. The number of halogens is 1. The van der Waals surface area contributed by atoms with Gasteiger partial charge in [-0.15, -0.1) is 0 Å². The van der Waals surface area contributed by atoms with Crippen LogP contribution in [-0.2, 0) is 6.54 Å². The molecule has 1 aliphatic rings. The zero-order valence-corrected chi connectivity index (χ0v) is 24.0. The maximum Gasteiger partial charge on any atom is 0.155 e. The molecule has 218 valence electrons. The molecule has 0 bridgehead atoms. The van der Waals surface area contributed by atoms with Crippen molar-refractivity contribution in [2.45, 2.75) is 26.3 Å². The molecule has 0 aliphatic carbocycles. The quantitative estimate of drug-likeness (QED) is 0.185. The molecule has 0 radical (unpaired) electrons. The van der Waals surface area contributed by atoms with E-state index in [2.05, 4.69) is 59.4 Å². The Balaban J connectivity index is 1.20. The lowest BCUT2D eigenvalue weighted by Gasteiger charge is -2.15. The third kappa shape index (κ3) is 5.71. The summed E-state index contributed by atoms with van der Waals surface area (Å²) in [5.74, 6) is 0.172. The number of hydrogen-bond acceptors (Lipinski definition) is 7. The van der Waals surface area contributed by atoms with E-state index in [1.54, 1.807) is 12.4 Å². The number of nitrogens with one attached hydrogen (secondary N) is 3. The minimum atomic E-state index is -0.345. The van der Waals surface area contributed by atoms with Gasteiger partial charge in [0.2, 0.25) is 0 Å². The highest BCUT2D eigenvalue weighted by Gasteiger charge is 2.17. The van der Waals surface area contributed by atoms with E-state index < -0.39 is 0 Å². The maximum atomic E-state index is 14.8. The lowest BCUT2D eigenvalue weighted by molar-refractivity contribution is 0.237. The molecule has 6 aromatic rings. The Morgan fingerprint density at radius 3 is 2.65 bits per heavy atom. The number of ether oxygens (including phenoxy) is 1. The zero-order chi connectivity index (χ0) is 29.2. The van der Waals surface area contributed by atoms with Crippen LogP contribution in [0.25, 0.3) is 55.6 Å². The molecule has 6 heterocycles. The second-order valence-corrected chi connectivity index (χ2v) is 11.0. The number of aromatic nitrogens is 6. The molecule has 0 unspecified atom stereocenters. The number of benzene rings is 1.